The topological polar surface area (TPSA) is 81.7 Å². The number of ether oxygens (including phenoxy) is 1. The normalized spacial score (nSPS) is 13.3. The molecule has 1 aromatic heterocycles. The minimum absolute atomic E-state index is 0.0321. The third kappa shape index (κ3) is 5.30. The molecule has 1 aliphatic rings. The van der Waals surface area contributed by atoms with Gasteiger partial charge in [0.15, 0.2) is 0 Å². The van der Waals surface area contributed by atoms with Crippen LogP contribution in [0.4, 0.5) is 0 Å². The van der Waals surface area contributed by atoms with Crippen molar-refractivity contribution in [2.24, 2.45) is 5.92 Å². The summed E-state index contributed by atoms with van der Waals surface area (Å²) in [6.45, 7) is 7.05. The lowest BCUT2D eigenvalue weighted by molar-refractivity contribution is 0.0748. The SMILES string of the molecule is CC(C)CCc1[nH]nc2cc(O)c(C(=O)N3Cc4ccc(OCCCN(C)C)cc4C3)cc12. The molecule has 0 spiro atoms. The van der Waals surface area contributed by atoms with Crippen molar-refractivity contribution in [3.05, 3.63) is 52.7 Å². The number of fused-ring (bicyclic) bond motifs is 2. The van der Waals surface area contributed by atoms with Crippen LogP contribution in [0.25, 0.3) is 10.9 Å². The van der Waals surface area contributed by atoms with Crippen LogP contribution < -0.4 is 4.74 Å². The standard InChI is InChI=1S/C26H34N4O3/c1-17(2)6-9-23-21-13-22(25(31)14-24(21)28-27-23)26(32)30-15-18-7-8-20(12-19(18)16-30)33-11-5-10-29(3)4/h7-8,12-14,17,31H,5-6,9-11,15-16H2,1-4H3,(H,27,28). The van der Waals surface area contributed by atoms with Gasteiger partial charge < -0.3 is 19.6 Å². The Hall–Kier alpha value is -3.06. The van der Waals surface area contributed by atoms with Crippen LogP contribution in [0.5, 0.6) is 11.5 Å². The summed E-state index contributed by atoms with van der Waals surface area (Å²) in [4.78, 5) is 17.2. The van der Waals surface area contributed by atoms with E-state index in [1.54, 1.807) is 17.0 Å². The molecule has 7 nitrogen and oxygen atoms in total. The fourth-order valence-corrected chi connectivity index (χ4v) is 4.24. The highest BCUT2D eigenvalue weighted by molar-refractivity contribution is 6.01. The summed E-state index contributed by atoms with van der Waals surface area (Å²) in [5, 5.41) is 18.9. The van der Waals surface area contributed by atoms with Crippen molar-refractivity contribution in [2.75, 3.05) is 27.2 Å². The average molecular weight is 451 g/mol. The zero-order chi connectivity index (χ0) is 23.5. The summed E-state index contributed by atoms with van der Waals surface area (Å²) < 4.78 is 5.89. The predicted molar refractivity (Wildman–Crippen MR) is 130 cm³/mol. The Balaban J connectivity index is 1.47. The molecular weight excluding hydrogens is 416 g/mol. The Bertz CT molecular complexity index is 1140. The summed E-state index contributed by atoms with van der Waals surface area (Å²) in [6, 6.07) is 9.40. The van der Waals surface area contributed by atoms with Crippen LogP contribution in [0.3, 0.4) is 0 Å². The third-order valence-corrected chi connectivity index (χ3v) is 6.16. The monoisotopic (exact) mass is 450 g/mol. The van der Waals surface area contributed by atoms with E-state index in [0.717, 1.165) is 53.8 Å². The fourth-order valence-electron chi connectivity index (χ4n) is 4.24. The maximum Gasteiger partial charge on any atom is 0.258 e. The molecule has 7 heteroatoms. The smallest absolute Gasteiger partial charge is 0.258 e. The largest absolute Gasteiger partial charge is 0.507 e. The van der Waals surface area contributed by atoms with Crippen LogP contribution in [0, 0.1) is 5.92 Å². The number of phenolic OH excluding ortho intramolecular Hbond substituents is 1. The van der Waals surface area contributed by atoms with Gasteiger partial charge in [0.1, 0.15) is 11.5 Å². The third-order valence-electron chi connectivity index (χ3n) is 6.16. The number of amides is 1. The molecule has 1 amide bonds. The van der Waals surface area contributed by atoms with Gasteiger partial charge in [0.2, 0.25) is 0 Å². The number of carbonyl (C=O) groups excluding carboxylic acids is 1. The highest BCUT2D eigenvalue weighted by Gasteiger charge is 2.27. The van der Waals surface area contributed by atoms with Crippen LogP contribution in [0.15, 0.2) is 30.3 Å². The molecule has 0 radical (unpaired) electrons. The number of phenols is 1. The van der Waals surface area contributed by atoms with Gasteiger partial charge >= 0.3 is 0 Å². The first-order valence-corrected chi connectivity index (χ1v) is 11.7. The van der Waals surface area contributed by atoms with Crippen molar-refractivity contribution in [3.8, 4) is 11.5 Å². The maximum atomic E-state index is 13.3. The first kappa shape index (κ1) is 23.1. The summed E-state index contributed by atoms with van der Waals surface area (Å²) >= 11 is 0. The Morgan fingerprint density at radius 3 is 2.76 bits per heavy atom. The van der Waals surface area contributed by atoms with Crippen molar-refractivity contribution in [3.63, 3.8) is 0 Å². The van der Waals surface area contributed by atoms with Crippen molar-refractivity contribution in [2.45, 2.75) is 46.2 Å². The van der Waals surface area contributed by atoms with Gasteiger partial charge in [-0.25, -0.2) is 0 Å². The molecule has 0 unspecified atom stereocenters. The molecule has 1 aliphatic heterocycles. The first-order valence-electron chi connectivity index (χ1n) is 11.7. The number of nitrogens with one attached hydrogen (secondary N) is 1. The van der Waals surface area contributed by atoms with Gasteiger partial charge in [0.25, 0.3) is 5.91 Å². The average Bonchev–Trinajstić information content (AvgIpc) is 3.37. The van der Waals surface area contributed by atoms with Crippen molar-refractivity contribution >= 4 is 16.8 Å². The molecule has 2 N–H and O–H groups in total. The van der Waals surface area contributed by atoms with Gasteiger partial charge in [-0.15, -0.1) is 0 Å². The second kappa shape index (κ2) is 9.83. The molecule has 0 atom stereocenters. The number of aryl methyl sites for hydroxylation is 1. The van der Waals surface area contributed by atoms with Gasteiger partial charge in [-0.3, -0.25) is 9.89 Å². The highest BCUT2D eigenvalue weighted by Crippen LogP contribution is 2.32. The Kier molecular flexibility index (Phi) is 6.88. The lowest BCUT2D eigenvalue weighted by Crippen LogP contribution is -2.25. The van der Waals surface area contributed by atoms with Gasteiger partial charge in [0.05, 0.1) is 17.7 Å². The molecule has 0 aliphatic carbocycles. The molecule has 2 aromatic carbocycles. The predicted octanol–water partition coefficient (Wildman–Crippen LogP) is 4.34. The number of H-pyrrole nitrogens is 1. The minimum atomic E-state index is -0.171. The van der Waals surface area contributed by atoms with Crippen LogP contribution >= 0.6 is 0 Å². The molecular formula is C26H34N4O3. The molecule has 33 heavy (non-hydrogen) atoms. The van der Waals surface area contributed by atoms with Gasteiger partial charge in [0, 0.05) is 36.8 Å². The van der Waals surface area contributed by atoms with Crippen molar-refractivity contribution in [1.29, 1.82) is 0 Å². The number of carbonyl (C=O) groups is 1. The van der Waals surface area contributed by atoms with Crippen molar-refractivity contribution in [1.82, 2.24) is 20.0 Å². The summed E-state index contributed by atoms with van der Waals surface area (Å²) in [6.07, 6.45) is 2.85. The number of aromatic amines is 1. The Morgan fingerprint density at radius 2 is 2.00 bits per heavy atom. The first-order chi connectivity index (χ1) is 15.8. The molecule has 0 saturated heterocycles. The number of aromatic nitrogens is 2. The van der Waals surface area contributed by atoms with E-state index < -0.39 is 0 Å². The fraction of sp³-hybridized carbons (Fsp3) is 0.462. The van der Waals surface area contributed by atoms with E-state index >= 15 is 0 Å². The van der Waals surface area contributed by atoms with Crippen LogP contribution in [0.1, 0.15) is 53.9 Å². The number of hydrogen-bond donors (Lipinski definition) is 2. The van der Waals surface area contributed by atoms with E-state index in [0.29, 0.717) is 36.7 Å². The van der Waals surface area contributed by atoms with Crippen LogP contribution in [-0.2, 0) is 19.5 Å². The summed E-state index contributed by atoms with van der Waals surface area (Å²) in [5.41, 5.74) is 4.22. The van der Waals surface area contributed by atoms with E-state index in [9.17, 15) is 9.90 Å². The molecule has 0 bridgehead atoms. The molecule has 4 rings (SSSR count). The number of nitrogens with zero attached hydrogens (tertiary/aromatic N) is 3. The lowest BCUT2D eigenvalue weighted by atomic mass is 10.0. The summed E-state index contributed by atoms with van der Waals surface area (Å²) in [7, 11) is 4.10. The number of hydrogen-bond acceptors (Lipinski definition) is 5. The van der Waals surface area contributed by atoms with Crippen LogP contribution in [-0.4, -0.2) is 58.3 Å². The molecule has 3 aromatic rings. The number of aromatic hydroxyl groups is 1. The van der Waals surface area contributed by atoms with E-state index in [1.807, 2.05) is 18.2 Å². The second-order valence-corrected chi connectivity index (χ2v) is 9.62. The maximum absolute atomic E-state index is 13.3. The Labute approximate surface area is 195 Å². The molecule has 0 fully saturated rings. The molecule has 176 valence electrons. The van der Waals surface area contributed by atoms with E-state index in [1.165, 1.54) is 0 Å². The Morgan fingerprint density at radius 1 is 1.21 bits per heavy atom. The van der Waals surface area contributed by atoms with E-state index in [-0.39, 0.29) is 11.7 Å². The lowest BCUT2D eigenvalue weighted by Gasteiger charge is -2.16. The number of benzene rings is 2. The minimum Gasteiger partial charge on any atom is -0.507 e. The second-order valence-electron chi connectivity index (χ2n) is 9.62. The highest BCUT2D eigenvalue weighted by atomic mass is 16.5. The van der Waals surface area contributed by atoms with E-state index in [2.05, 4.69) is 43.0 Å². The van der Waals surface area contributed by atoms with Crippen molar-refractivity contribution < 1.29 is 14.6 Å². The zero-order valence-corrected chi connectivity index (χ0v) is 20.0. The van der Waals surface area contributed by atoms with Gasteiger partial charge in [-0.1, -0.05) is 19.9 Å². The zero-order valence-electron chi connectivity index (χ0n) is 20.0. The van der Waals surface area contributed by atoms with Crippen LogP contribution in [0.2, 0.25) is 0 Å². The van der Waals surface area contributed by atoms with Gasteiger partial charge in [-0.05, 0) is 68.6 Å². The molecule has 0 saturated carbocycles. The summed E-state index contributed by atoms with van der Waals surface area (Å²) in [5.74, 6) is 1.20. The quantitative estimate of drug-likeness (QED) is 0.474. The number of rotatable bonds is 9. The molecule has 2 heterocycles. The van der Waals surface area contributed by atoms with Gasteiger partial charge in [-0.2, -0.15) is 5.10 Å². The van der Waals surface area contributed by atoms with E-state index in [4.69, 9.17) is 4.74 Å².